The second-order valence-electron chi connectivity index (χ2n) is 4.10. The molecule has 84 valence electrons. The van der Waals surface area contributed by atoms with E-state index in [-0.39, 0.29) is 11.8 Å². The van der Waals surface area contributed by atoms with E-state index in [0.29, 0.717) is 6.54 Å². The Hall–Kier alpha value is -1.32. The fourth-order valence-electron chi connectivity index (χ4n) is 1.39. The van der Waals surface area contributed by atoms with Gasteiger partial charge in [-0.05, 0) is 19.9 Å². The average molecular weight is 209 g/mol. The third-order valence-electron chi connectivity index (χ3n) is 2.25. The zero-order chi connectivity index (χ0) is 11.4. The molecule has 0 fully saturated rings. The molecule has 0 radical (unpaired) electrons. The van der Waals surface area contributed by atoms with Crippen LogP contribution in [0.5, 0.6) is 0 Å². The molecule has 0 atom stereocenters. The minimum absolute atomic E-state index is 0.0467. The highest BCUT2D eigenvalue weighted by Crippen LogP contribution is 2.00. The Kier molecular flexibility index (Phi) is 3.88. The van der Waals surface area contributed by atoms with Crippen molar-refractivity contribution < 1.29 is 4.79 Å². The topological polar surface area (TPSA) is 46.9 Å². The molecule has 0 spiro atoms. The number of hydrogen-bond acceptors (Lipinski definition) is 2. The number of nitrogens with zero attached hydrogens (tertiary/aromatic N) is 2. The number of aromatic nitrogens is 2. The van der Waals surface area contributed by atoms with Gasteiger partial charge in [0.15, 0.2) is 0 Å². The molecule has 1 N–H and O–H groups in total. The van der Waals surface area contributed by atoms with E-state index in [1.165, 1.54) is 0 Å². The molecule has 0 bridgehead atoms. The fourth-order valence-corrected chi connectivity index (χ4v) is 1.39. The Bertz CT molecular complexity index is 342. The maximum atomic E-state index is 11.3. The highest BCUT2D eigenvalue weighted by Gasteiger charge is 2.06. The number of aryl methyl sites for hydroxylation is 2. The van der Waals surface area contributed by atoms with Crippen molar-refractivity contribution in [2.45, 2.75) is 34.2 Å². The Morgan fingerprint density at radius 3 is 2.67 bits per heavy atom. The predicted octanol–water partition coefficient (Wildman–Crippen LogP) is 1.27. The molecule has 4 heteroatoms. The van der Waals surface area contributed by atoms with Crippen molar-refractivity contribution in [3.63, 3.8) is 0 Å². The molecule has 4 nitrogen and oxygen atoms in total. The Balaban J connectivity index is 2.38. The van der Waals surface area contributed by atoms with Crippen molar-refractivity contribution in [3.05, 3.63) is 17.5 Å². The van der Waals surface area contributed by atoms with Gasteiger partial charge in [-0.25, -0.2) is 0 Å². The van der Waals surface area contributed by atoms with Crippen LogP contribution in [0.4, 0.5) is 0 Å². The lowest BCUT2D eigenvalue weighted by atomic mass is 10.2. The summed E-state index contributed by atoms with van der Waals surface area (Å²) in [4.78, 5) is 11.3. The maximum Gasteiger partial charge on any atom is 0.222 e. The van der Waals surface area contributed by atoms with Crippen LogP contribution in [0.25, 0.3) is 0 Å². The van der Waals surface area contributed by atoms with E-state index in [0.717, 1.165) is 17.9 Å². The minimum Gasteiger partial charge on any atom is -0.354 e. The van der Waals surface area contributed by atoms with Crippen LogP contribution in [0.15, 0.2) is 6.07 Å². The van der Waals surface area contributed by atoms with E-state index >= 15 is 0 Å². The Morgan fingerprint density at radius 2 is 2.20 bits per heavy atom. The molecular formula is C11H19N3O. The summed E-state index contributed by atoms with van der Waals surface area (Å²) in [5.41, 5.74) is 2.15. The molecule has 1 heterocycles. The van der Waals surface area contributed by atoms with Crippen molar-refractivity contribution in [2.75, 3.05) is 6.54 Å². The third kappa shape index (κ3) is 3.38. The van der Waals surface area contributed by atoms with Crippen molar-refractivity contribution in [1.82, 2.24) is 15.1 Å². The van der Waals surface area contributed by atoms with E-state index < -0.39 is 0 Å². The smallest absolute Gasteiger partial charge is 0.222 e. The summed E-state index contributed by atoms with van der Waals surface area (Å²) in [6.07, 6.45) is 0. The minimum atomic E-state index is 0.0467. The summed E-state index contributed by atoms with van der Waals surface area (Å²) in [6, 6.07) is 2.03. The Labute approximate surface area is 90.7 Å². The molecule has 0 saturated heterocycles. The van der Waals surface area contributed by atoms with Gasteiger partial charge in [0.1, 0.15) is 0 Å². The summed E-state index contributed by atoms with van der Waals surface area (Å²) in [5, 5.41) is 7.18. The highest BCUT2D eigenvalue weighted by molar-refractivity contribution is 5.77. The first kappa shape index (κ1) is 11.8. The third-order valence-corrected chi connectivity index (χ3v) is 2.25. The molecule has 15 heavy (non-hydrogen) atoms. The van der Waals surface area contributed by atoms with Crippen LogP contribution in [0, 0.1) is 19.8 Å². The lowest BCUT2D eigenvalue weighted by Gasteiger charge is -2.08. The lowest BCUT2D eigenvalue weighted by molar-refractivity contribution is -0.124. The van der Waals surface area contributed by atoms with Gasteiger partial charge in [0, 0.05) is 18.2 Å². The van der Waals surface area contributed by atoms with Crippen molar-refractivity contribution in [3.8, 4) is 0 Å². The van der Waals surface area contributed by atoms with Gasteiger partial charge in [-0.3, -0.25) is 9.48 Å². The zero-order valence-corrected chi connectivity index (χ0v) is 9.87. The van der Waals surface area contributed by atoms with Crippen LogP contribution in [-0.2, 0) is 11.3 Å². The molecule has 0 aromatic carbocycles. The monoisotopic (exact) mass is 209 g/mol. The second-order valence-corrected chi connectivity index (χ2v) is 4.10. The maximum absolute atomic E-state index is 11.3. The van der Waals surface area contributed by atoms with Crippen LogP contribution >= 0.6 is 0 Å². The first-order chi connectivity index (χ1) is 7.00. The average Bonchev–Trinajstić information content (AvgIpc) is 2.45. The van der Waals surface area contributed by atoms with Crippen LogP contribution in [0.2, 0.25) is 0 Å². The number of amides is 1. The van der Waals surface area contributed by atoms with E-state index in [1.807, 2.05) is 38.4 Å². The number of nitrogens with one attached hydrogen (secondary N) is 1. The summed E-state index contributed by atoms with van der Waals surface area (Å²) in [6.45, 7) is 9.13. The summed E-state index contributed by atoms with van der Waals surface area (Å²) >= 11 is 0. The van der Waals surface area contributed by atoms with Gasteiger partial charge in [0.2, 0.25) is 5.91 Å². The number of rotatable bonds is 4. The van der Waals surface area contributed by atoms with Gasteiger partial charge in [0.25, 0.3) is 0 Å². The van der Waals surface area contributed by atoms with Crippen molar-refractivity contribution in [1.29, 1.82) is 0 Å². The van der Waals surface area contributed by atoms with Gasteiger partial charge in [0.05, 0.1) is 12.2 Å². The summed E-state index contributed by atoms with van der Waals surface area (Å²) < 4.78 is 1.91. The molecule has 1 aromatic heterocycles. The molecule has 1 aromatic rings. The number of hydrogen-bond donors (Lipinski definition) is 1. The Morgan fingerprint density at radius 1 is 1.53 bits per heavy atom. The predicted molar refractivity (Wildman–Crippen MR) is 59.5 cm³/mol. The first-order valence-corrected chi connectivity index (χ1v) is 5.29. The normalized spacial score (nSPS) is 10.7. The fraction of sp³-hybridized carbons (Fsp3) is 0.636. The van der Waals surface area contributed by atoms with Crippen LogP contribution < -0.4 is 5.32 Å². The van der Waals surface area contributed by atoms with E-state index in [9.17, 15) is 4.79 Å². The summed E-state index contributed by atoms with van der Waals surface area (Å²) in [5.74, 6) is 0.141. The zero-order valence-electron chi connectivity index (χ0n) is 9.87. The van der Waals surface area contributed by atoms with Gasteiger partial charge < -0.3 is 5.32 Å². The molecule has 0 aliphatic rings. The van der Waals surface area contributed by atoms with Crippen molar-refractivity contribution >= 4 is 5.91 Å². The quantitative estimate of drug-likeness (QED) is 0.811. The van der Waals surface area contributed by atoms with E-state index in [2.05, 4.69) is 10.4 Å². The highest BCUT2D eigenvalue weighted by atomic mass is 16.1. The molecule has 0 aliphatic carbocycles. The first-order valence-electron chi connectivity index (χ1n) is 5.29. The molecule has 0 aliphatic heterocycles. The molecule has 1 amide bonds. The summed E-state index contributed by atoms with van der Waals surface area (Å²) in [7, 11) is 0. The van der Waals surface area contributed by atoms with Gasteiger partial charge in [-0.15, -0.1) is 0 Å². The van der Waals surface area contributed by atoms with E-state index in [4.69, 9.17) is 0 Å². The molecule has 0 saturated carbocycles. The standard InChI is InChI=1S/C11H19N3O/c1-8(2)11(15)12-5-6-14-10(4)7-9(3)13-14/h7-8H,5-6H2,1-4H3,(H,12,15). The lowest BCUT2D eigenvalue weighted by Crippen LogP contribution is -2.31. The largest absolute Gasteiger partial charge is 0.354 e. The van der Waals surface area contributed by atoms with Crippen LogP contribution in [-0.4, -0.2) is 22.2 Å². The van der Waals surface area contributed by atoms with Gasteiger partial charge in [-0.1, -0.05) is 13.8 Å². The molecule has 0 unspecified atom stereocenters. The van der Waals surface area contributed by atoms with Crippen LogP contribution in [0.1, 0.15) is 25.2 Å². The number of carbonyl (C=O) groups excluding carboxylic acids is 1. The molecule has 1 rings (SSSR count). The number of carbonyl (C=O) groups is 1. The van der Waals surface area contributed by atoms with Gasteiger partial charge >= 0.3 is 0 Å². The van der Waals surface area contributed by atoms with Gasteiger partial charge in [-0.2, -0.15) is 5.10 Å². The SMILES string of the molecule is Cc1cc(C)n(CCNC(=O)C(C)C)n1. The van der Waals surface area contributed by atoms with Crippen molar-refractivity contribution in [2.24, 2.45) is 5.92 Å². The second kappa shape index (κ2) is 4.96. The molecular weight excluding hydrogens is 190 g/mol. The van der Waals surface area contributed by atoms with Crippen LogP contribution in [0.3, 0.4) is 0 Å². The van der Waals surface area contributed by atoms with E-state index in [1.54, 1.807) is 0 Å².